The molecule has 13 heavy (non-hydrogen) atoms. The smallest absolute Gasteiger partial charge is 0.348 e. The zero-order valence-corrected chi connectivity index (χ0v) is 8.00. The average molecular weight is 182 g/mol. The lowest BCUT2D eigenvalue weighted by atomic mass is 9.90. The third-order valence-corrected chi connectivity index (χ3v) is 2.01. The lowest BCUT2D eigenvalue weighted by molar-refractivity contribution is -0.145. The lowest BCUT2D eigenvalue weighted by Gasteiger charge is -2.22. The van der Waals surface area contributed by atoms with Gasteiger partial charge in [0.1, 0.15) is 12.4 Å². The van der Waals surface area contributed by atoms with E-state index in [2.05, 4.69) is 13.2 Å². The summed E-state index contributed by atoms with van der Waals surface area (Å²) >= 11 is 0. The summed E-state index contributed by atoms with van der Waals surface area (Å²) in [6.45, 7) is 11.3. The van der Waals surface area contributed by atoms with Gasteiger partial charge in [-0.3, -0.25) is 0 Å². The van der Waals surface area contributed by atoms with E-state index in [1.807, 2.05) is 13.8 Å². The summed E-state index contributed by atoms with van der Waals surface area (Å²) in [7, 11) is 0. The molecule has 1 aliphatic rings. The molecule has 0 radical (unpaired) electrons. The molecule has 0 aromatic rings. The molecule has 1 saturated heterocycles. The van der Waals surface area contributed by atoms with Crippen molar-refractivity contribution in [1.29, 1.82) is 0 Å². The van der Waals surface area contributed by atoms with E-state index in [1.165, 1.54) is 6.08 Å². The fourth-order valence-electron chi connectivity index (χ4n) is 1.13. The Hall–Kier alpha value is -1.25. The molecule has 0 saturated carbocycles. The fourth-order valence-corrected chi connectivity index (χ4v) is 1.13. The summed E-state index contributed by atoms with van der Waals surface area (Å²) in [5.41, 5.74) is -0.289. The van der Waals surface area contributed by atoms with Gasteiger partial charge in [0, 0.05) is 5.41 Å². The van der Waals surface area contributed by atoms with Gasteiger partial charge in [-0.1, -0.05) is 27.0 Å². The maximum Gasteiger partial charge on any atom is 0.348 e. The highest BCUT2D eigenvalue weighted by atomic mass is 16.6. The quantitative estimate of drug-likeness (QED) is 0.378. The Balaban J connectivity index is 2.71. The topological polar surface area (TPSA) is 35.5 Å². The monoisotopic (exact) mass is 182 g/mol. The number of rotatable bonds is 3. The van der Waals surface area contributed by atoms with Crippen LogP contribution in [0.2, 0.25) is 0 Å². The number of ether oxygens (including phenoxy) is 2. The molecule has 0 aromatic carbocycles. The van der Waals surface area contributed by atoms with Crippen LogP contribution in [0.3, 0.4) is 0 Å². The summed E-state index contributed by atoms with van der Waals surface area (Å²) in [6.07, 6.45) is 0.916. The second-order valence-electron chi connectivity index (χ2n) is 3.76. The Kier molecular flexibility index (Phi) is 2.45. The molecular weight excluding hydrogens is 168 g/mol. The zero-order chi connectivity index (χ0) is 10.1. The van der Waals surface area contributed by atoms with Crippen LogP contribution in [0.5, 0.6) is 0 Å². The van der Waals surface area contributed by atoms with Crippen molar-refractivity contribution < 1.29 is 14.3 Å². The molecule has 1 fully saturated rings. The maximum atomic E-state index is 11.2. The van der Waals surface area contributed by atoms with Crippen LogP contribution in [0, 0.1) is 5.41 Å². The Bertz CT molecular complexity index is 253. The van der Waals surface area contributed by atoms with E-state index >= 15 is 0 Å². The Morgan fingerprint density at radius 3 is 2.77 bits per heavy atom. The molecule has 3 nitrogen and oxygen atoms in total. The summed E-state index contributed by atoms with van der Waals surface area (Å²) in [5, 5.41) is 0. The van der Waals surface area contributed by atoms with E-state index in [0.717, 1.165) is 0 Å². The maximum absolute atomic E-state index is 11.2. The molecule has 0 aliphatic carbocycles. The molecule has 1 aliphatic heterocycles. The van der Waals surface area contributed by atoms with Gasteiger partial charge in [0.05, 0.1) is 0 Å². The van der Waals surface area contributed by atoms with Crippen molar-refractivity contribution in [2.75, 3.05) is 6.61 Å². The predicted octanol–water partition coefficient (Wildman–Crippen LogP) is 1.65. The predicted molar refractivity (Wildman–Crippen MR) is 49.0 cm³/mol. The van der Waals surface area contributed by atoms with Crippen LogP contribution in [0.1, 0.15) is 13.8 Å². The molecule has 0 N–H and O–H groups in total. The van der Waals surface area contributed by atoms with E-state index in [4.69, 9.17) is 9.47 Å². The third-order valence-electron chi connectivity index (χ3n) is 2.01. The number of hydrogen-bond acceptors (Lipinski definition) is 3. The van der Waals surface area contributed by atoms with Crippen molar-refractivity contribution >= 4 is 5.97 Å². The molecule has 1 atom stereocenters. The molecule has 0 spiro atoms. The molecule has 3 heteroatoms. The first-order valence-electron chi connectivity index (χ1n) is 4.12. The van der Waals surface area contributed by atoms with Crippen molar-refractivity contribution in [3.8, 4) is 0 Å². The zero-order valence-electron chi connectivity index (χ0n) is 8.00. The van der Waals surface area contributed by atoms with Crippen LogP contribution in [0.25, 0.3) is 0 Å². The second-order valence-corrected chi connectivity index (χ2v) is 3.76. The summed E-state index contributed by atoms with van der Waals surface area (Å²) in [4.78, 5) is 11.2. The largest absolute Gasteiger partial charge is 0.479 e. The van der Waals surface area contributed by atoms with Gasteiger partial charge < -0.3 is 9.47 Å². The van der Waals surface area contributed by atoms with E-state index in [9.17, 15) is 4.79 Å². The van der Waals surface area contributed by atoms with Gasteiger partial charge >= 0.3 is 5.97 Å². The SMILES string of the molecule is C=CC(=C)OC1C(=O)OCC1(C)C. The van der Waals surface area contributed by atoms with Crippen molar-refractivity contribution in [2.24, 2.45) is 5.41 Å². The van der Waals surface area contributed by atoms with Gasteiger partial charge in [-0.15, -0.1) is 0 Å². The van der Waals surface area contributed by atoms with Gasteiger partial charge in [0.25, 0.3) is 0 Å². The molecule has 0 bridgehead atoms. The van der Waals surface area contributed by atoms with Crippen molar-refractivity contribution in [3.05, 3.63) is 25.0 Å². The standard InChI is InChI=1S/C10H14O3/c1-5-7(2)13-8-9(11)12-6-10(8,3)4/h5,8H,1-2,6H2,3-4H3. The first-order chi connectivity index (χ1) is 5.97. The molecule has 1 unspecified atom stereocenters. The summed E-state index contributed by atoms with van der Waals surface area (Å²) < 4.78 is 10.2. The Labute approximate surface area is 78.0 Å². The van der Waals surface area contributed by atoms with Crippen LogP contribution in [0.4, 0.5) is 0 Å². The van der Waals surface area contributed by atoms with Crippen LogP contribution < -0.4 is 0 Å². The molecule has 1 rings (SSSR count). The number of allylic oxidation sites excluding steroid dienone is 1. The average Bonchev–Trinajstić information content (AvgIpc) is 2.31. The van der Waals surface area contributed by atoms with Crippen molar-refractivity contribution in [2.45, 2.75) is 20.0 Å². The molecular formula is C10H14O3. The number of esters is 1. The van der Waals surface area contributed by atoms with Crippen LogP contribution in [0.15, 0.2) is 25.0 Å². The minimum Gasteiger partial charge on any atom is -0.479 e. The molecule has 72 valence electrons. The highest BCUT2D eigenvalue weighted by Crippen LogP contribution is 2.32. The van der Waals surface area contributed by atoms with Gasteiger partial charge in [0.15, 0.2) is 0 Å². The van der Waals surface area contributed by atoms with Crippen LogP contribution >= 0.6 is 0 Å². The highest BCUT2D eigenvalue weighted by molar-refractivity contribution is 5.78. The molecule has 0 aromatic heterocycles. The van der Waals surface area contributed by atoms with E-state index in [1.54, 1.807) is 0 Å². The first kappa shape index (κ1) is 9.84. The van der Waals surface area contributed by atoms with Gasteiger partial charge in [-0.2, -0.15) is 0 Å². The highest BCUT2D eigenvalue weighted by Gasteiger charge is 2.45. The van der Waals surface area contributed by atoms with Crippen molar-refractivity contribution in [1.82, 2.24) is 0 Å². The van der Waals surface area contributed by atoms with Gasteiger partial charge in [0.2, 0.25) is 6.10 Å². The van der Waals surface area contributed by atoms with Crippen LogP contribution in [-0.4, -0.2) is 18.7 Å². The number of carbonyl (C=O) groups excluding carboxylic acids is 1. The van der Waals surface area contributed by atoms with Crippen molar-refractivity contribution in [3.63, 3.8) is 0 Å². The minimum absolute atomic E-state index is 0.289. The van der Waals surface area contributed by atoms with Gasteiger partial charge in [-0.25, -0.2) is 4.79 Å². The molecule has 1 heterocycles. The second kappa shape index (κ2) is 3.24. The van der Waals surface area contributed by atoms with E-state index in [0.29, 0.717) is 12.4 Å². The number of carbonyl (C=O) groups is 1. The number of hydrogen-bond donors (Lipinski definition) is 0. The minimum atomic E-state index is -0.557. The van der Waals surface area contributed by atoms with Gasteiger partial charge in [-0.05, 0) is 6.08 Å². The van der Waals surface area contributed by atoms with E-state index < -0.39 is 6.10 Å². The Morgan fingerprint density at radius 1 is 1.77 bits per heavy atom. The third kappa shape index (κ3) is 1.91. The molecule has 0 amide bonds. The number of cyclic esters (lactones) is 1. The fraction of sp³-hybridized carbons (Fsp3) is 0.500. The first-order valence-corrected chi connectivity index (χ1v) is 4.12. The summed E-state index contributed by atoms with van der Waals surface area (Å²) in [6, 6.07) is 0. The Morgan fingerprint density at radius 2 is 2.38 bits per heavy atom. The normalized spacial score (nSPS) is 25.1. The van der Waals surface area contributed by atoms with E-state index in [-0.39, 0.29) is 11.4 Å². The lowest BCUT2D eigenvalue weighted by Crippen LogP contribution is -2.32. The summed E-state index contributed by atoms with van der Waals surface area (Å²) in [5.74, 6) is 0.0740. The van der Waals surface area contributed by atoms with Crippen LogP contribution in [-0.2, 0) is 14.3 Å².